The Morgan fingerprint density at radius 2 is 1.85 bits per heavy atom. The highest BCUT2D eigenvalue weighted by Gasteiger charge is 2.33. The Hall–Kier alpha value is -0.910. The standard InChI is InChI=1S/C15H22N2O2S/c18-20(19,15-6-2-1-3-7-15)17(11-13-8-9-13)12-14-5-4-10-16-14/h1-3,6-7,13-14,16H,4-5,8-12H2. The number of nitrogens with zero attached hydrogens (tertiary/aromatic N) is 1. The summed E-state index contributed by atoms with van der Waals surface area (Å²) in [5.41, 5.74) is 0. The molecule has 3 rings (SSSR count). The van der Waals surface area contributed by atoms with E-state index in [2.05, 4.69) is 5.32 Å². The molecule has 0 bridgehead atoms. The Balaban J connectivity index is 1.79. The van der Waals surface area contributed by atoms with Gasteiger partial charge in [0.05, 0.1) is 4.90 Å². The third-order valence-corrected chi connectivity index (χ3v) is 5.97. The van der Waals surface area contributed by atoms with Crippen LogP contribution in [0.1, 0.15) is 25.7 Å². The zero-order valence-electron chi connectivity index (χ0n) is 11.7. The molecule has 0 aromatic heterocycles. The van der Waals surface area contributed by atoms with Crippen LogP contribution < -0.4 is 5.32 Å². The maximum atomic E-state index is 12.8. The number of rotatable bonds is 6. The molecule has 1 atom stereocenters. The molecule has 0 radical (unpaired) electrons. The van der Waals surface area contributed by atoms with Crippen LogP contribution >= 0.6 is 0 Å². The van der Waals surface area contributed by atoms with Gasteiger partial charge in [-0.3, -0.25) is 0 Å². The second kappa shape index (κ2) is 5.84. The molecule has 1 aliphatic carbocycles. The fraction of sp³-hybridized carbons (Fsp3) is 0.600. The van der Waals surface area contributed by atoms with Crippen molar-refractivity contribution in [1.29, 1.82) is 0 Å². The third kappa shape index (κ3) is 3.22. The molecule has 5 heteroatoms. The zero-order chi connectivity index (χ0) is 14.0. The fourth-order valence-electron chi connectivity index (χ4n) is 2.76. The van der Waals surface area contributed by atoms with Gasteiger partial charge in [-0.05, 0) is 50.3 Å². The molecule has 0 amide bonds. The number of hydrogen-bond donors (Lipinski definition) is 1. The average Bonchev–Trinajstić information content (AvgIpc) is 3.13. The lowest BCUT2D eigenvalue weighted by Crippen LogP contribution is -2.42. The first-order chi connectivity index (χ1) is 9.66. The Morgan fingerprint density at radius 3 is 2.45 bits per heavy atom. The molecule has 20 heavy (non-hydrogen) atoms. The summed E-state index contributed by atoms with van der Waals surface area (Å²) in [6, 6.07) is 9.12. The van der Waals surface area contributed by atoms with Crippen LogP contribution in [-0.4, -0.2) is 38.4 Å². The molecule has 1 heterocycles. The maximum Gasteiger partial charge on any atom is 0.243 e. The van der Waals surface area contributed by atoms with E-state index in [0.717, 1.165) is 19.4 Å². The molecule has 1 aromatic carbocycles. The molecule has 1 saturated carbocycles. The topological polar surface area (TPSA) is 49.4 Å². The monoisotopic (exact) mass is 294 g/mol. The summed E-state index contributed by atoms with van der Waals surface area (Å²) >= 11 is 0. The third-order valence-electron chi connectivity index (χ3n) is 4.13. The summed E-state index contributed by atoms with van der Waals surface area (Å²) < 4.78 is 27.3. The molecular weight excluding hydrogens is 272 g/mol. The summed E-state index contributed by atoms with van der Waals surface area (Å²) in [5.74, 6) is 0.565. The van der Waals surface area contributed by atoms with Gasteiger partial charge in [0.15, 0.2) is 0 Å². The van der Waals surface area contributed by atoms with Gasteiger partial charge < -0.3 is 5.32 Å². The summed E-state index contributed by atoms with van der Waals surface area (Å²) in [7, 11) is -3.35. The highest BCUT2D eigenvalue weighted by atomic mass is 32.2. The fourth-order valence-corrected chi connectivity index (χ4v) is 4.34. The lowest BCUT2D eigenvalue weighted by atomic mass is 10.2. The van der Waals surface area contributed by atoms with Crippen molar-refractivity contribution in [3.63, 3.8) is 0 Å². The molecule has 2 aliphatic rings. The summed E-state index contributed by atoms with van der Waals surface area (Å²) in [4.78, 5) is 0.415. The summed E-state index contributed by atoms with van der Waals surface area (Å²) in [6.45, 7) is 2.29. The van der Waals surface area contributed by atoms with Gasteiger partial charge >= 0.3 is 0 Å². The van der Waals surface area contributed by atoms with E-state index in [1.165, 1.54) is 12.8 Å². The minimum absolute atomic E-state index is 0.312. The van der Waals surface area contributed by atoms with Gasteiger partial charge in [0.1, 0.15) is 0 Å². The highest BCUT2D eigenvalue weighted by Crippen LogP contribution is 2.32. The van der Waals surface area contributed by atoms with Crippen LogP contribution in [0.3, 0.4) is 0 Å². The molecule has 1 aromatic rings. The first-order valence-electron chi connectivity index (χ1n) is 7.45. The highest BCUT2D eigenvalue weighted by molar-refractivity contribution is 7.89. The van der Waals surface area contributed by atoms with Crippen LogP contribution in [0.2, 0.25) is 0 Å². The lowest BCUT2D eigenvalue weighted by Gasteiger charge is -2.25. The van der Waals surface area contributed by atoms with E-state index in [-0.39, 0.29) is 0 Å². The minimum atomic E-state index is -3.35. The normalized spacial score (nSPS) is 23.4. The molecule has 1 unspecified atom stereocenters. The predicted molar refractivity (Wildman–Crippen MR) is 78.9 cm³/mol. The van der Waals surface area contributed by atoms with Gasteiger partial charge in [-0.25, -0.2) is 8.42 Å². The van der Waals surface area contributed by atoms with E-state index >= 15 is 0 Å². The van der Waals surface area contributed by atoms with Gasteiger partial charge in [0, 0.05) is 19.1 Å². The molecule has 1 aliphatic heterocycles. The number of nitrogens with one attached hydrogen (secondary N) is 1. The van der Waals surface area contributed by atoms with Crippen LogP contribution in [0.5, 0.6) is 0 Å². The number of benzene rings is 1. The predicted octanol–water partition coefficient (Wildman–Crippen LogP) is 1.84. The minimum Gasteiger partial charge on any atom is -0.313 e. The van der Waals surface area contributed by atoms with E-state index in [0.29, 0.717) is 29.9 Å². The largest absolute Gasteiger partial charge is 0.313 e. The van der Waals surface area contributed by atoms with Crippen LogP contribution in [0.15, 0.2) is 35.2 Å². The smallest absolute Gasteiger partial charge is 0.243 e. The molecule has 0 spiro atoms. The molecule has 110 valence electrons. The van der Waals surface area contributed by atoms with Crippen LogP contribution in [0, 0.1) is 5.92 Å². The van der Waals surface area contributed by atoms with Crippen molar-refractivity contribution >= 4 is 10.0 Å². The van der Waals surface area contributed by atoms with E-state index in [9.17, 15) is 8.42 Å². The van der Waals surface area contributed by atoms with Crippen molar-refractivity contribution in [2.75, 3.05) is 19.6 Å². The van der Waals surface area contributed by atoms with Crippen LogP contribution in [-0.2, 0) is 10.0 Å². The van der Waals surface area contributed by atoms with E-state index in [4.69, 9.17) is 0 Å². The Labute approximate surface area is 121 Å². The average molecular weight is 294 g/mol. The van der Waals surface area contributed by atoms with Crippen molar-refractivity contribution < 1.29 is 8.42 Å². The summed E-state index contributed by atoms with van der Waals surface area (Å²) in [6.07, 6.45) is 4.55. The Bertz CT molecular complexity index is 534. The molecule has 1 N–H and O–H groups in total. The Kier molecular flexibility index (Phi) is 4.10. The molecule has 2 fully saturated rings. The van der Waals surface area contributed by atoms with Crippen molar-refractivity contribution in [3.8, 4) is 0 Å². The van der Waals surface area contributed by atoms with Gasteiger partial charge in [-0.1, -0.05) is 18.2 Å². The van der Waals surface area contributed by atoms with Crippen LogP contribution in [0.4, 0.5) is 0 Å². The molecule has 4 nitrogen and oxygen atoms in total. The zero-order valence-corrected chi connectivity index (χ0v) is 12.5. The SMILES string of the molecule is O=S(=O)(c1ccccc1)N(CC1CC1)CC1CCCN1. The van der Waals surface area contributed by atoms with Gasteiger partial charge in [0.2, 0.25) is 10.0 Å². The maximum absolute atomic E-state index is 12.8. The second-order valence-corrected chi connectivity index (χ2v) is 7.81. The second-order valence-electron chi connectivity index (χ2n) is 5.87. The van der Waals surface area contributed by atoms with Crippen molar-refractivity contribution in [2.24, 2.45) is 5.92 Å². The van der Waals surface area contributed by atoms with Gasteiger partial charge in [-0.15, -0.1) is 0 Å². The van der Waals surface area contributed by atoms with Crippen LogP contribution in [0.25, 0.3) is 0 Å². The van der Waals surface area contributed by atoms with Crippen molar-refractivity contribution in [2.45, 2.75) is 36.6 Å². The van der Waals surface area contributed by atoms with Crippen molar-refractivity contribution in [1.82, 2.24) is 9.62 Å². The van der Waals surface area contributed by atoms with Gasteiger partial charge in [-0.2, -0.15) is 4.31 Å². The van der Waals surface area contributed by atoms with Crippen molar-refractivity contribution in [3.05, 3.63) is 30.3 Å². The first kappa shape index (κ1) is 14.0. The number of sulfonamides is 1. The quantitative estimate of drug-likeness (QED) is 0.871. The Morgan fingerprint density at radius 1 is 1.10 bits per heavy atom. The van der Waals surface area contributed by atoms with E-state index in [1.807, 2.05) is 6.07 Å². The lowest BCUT2D eigenvalue weighted by molar-refractivity contribution is 0.358. The summed E-state index contributed by atoms with van der Waals surface area (Å²) in [5, 5.41) is 3.40. The molecule has 1 saturated heterocycles. The number of hydrogen-bond acceptors (Lipinski definition) is 3. The van der Waals surface area contributed by atoms with Gasteiger partial charge in [0.25, 0.3) is 0 Å². The first-order valence-corrected chi connectivity index (χ1v) is 8.89. The van der Waals surface area contributed by atoms with E-state index in [1.54, 1.807) is 28.6 Å². The molecular formula is C15H22N2O2S. The van der Waals surface area contributed by atoms with E-state index < -0.39 is 10.0 Å².